The minimum atomic E-state index is -0.155. The number of aliphatic hydroxyl groups excluding tert-OH is 1. The summed E-state index contributed by atoms with van der Waals surface area (Å²) in [4.78, 5) is 12.8. The van der Waals surface area contributed by atoms with Crippen molar-refractivity contribution in [3.8, 4) is 0 Å². The Morgan fingerprint density at radius 1 is 1.38 bits per heavy atom. The van der Waals surface area contributed by atoms with Crippen LogP contribution in [0.4, 0.5) is 0 Å². The number of aliphatic hydroxyl groups is 1. The van der Waals surface area contributed by atoms with Gasteiger partial charge >= 0.3 is 0 Å². The van der Waals surface area contributed by atoms with E-state index in [1.54, 1.807) is 0 Å². The van der Waals surface area contributed by atoms with Gasteiger partial charge in [0, 0.05) is 24.3 Å². The smallest absolute Gasteiger partial charge is 0.272 e. The lowest BCUT2D eigenvalue weighted by atomic mass is 9.85. The molecule has 2 aliphatic carbocycles. The molecule has 0 saturated heterocycles. The highest BCUT2D eigenvalue weighted by molar-refractivity contribution is 5.92. The predicted octanol–water partition coefficient (Wildman–Crippen LogP) is 2.90. The van der Waals surface area contributed by atoms with Crippen LogP contribution in [0, 0.1) is 17.8 Å². The zero-order chi connectivity index (χ0) is 17.6. The molecule has 2 saturated carbocycles. The quantitative estimate of drug-likeness (QED) is 0.890. The molecule has 1 aromatic heterocycles. The number of amides is 1. The fourth-order valence-electron chi connectivity index (χ4n) is 4.58. The van der Waals surface area contributed by atoms with Crippen molar-refractivity contribution in [1.29, 1.82) is 0 Å². The van der Waals surface area contributed by atoms with Gasteiger partial charge in [0.15, 0.2) is 0 Å². The third-order valence-corrected chi connectivity index (χ3v) is 5.79. The van der Waals surface area contributed by atoms with Gasteiger partial charge in [-0.05, 0) is 63.9 Å². The minimum Gasteiger partial charge on any atom is -0.396 e. The van der Waals surface area contributed by atoms with E-state index in [-0.39, 0.29) is 30.0 Å². The molecular weight excluding hydrogens is 302 g/mol. The van der Waals surface area contributed by atoms with E-state index in [1.165, 1.54) is 12.8 Å². The molecule has 2 fully saturated rings. The van der Waals surface area contributed by atoms with Crippen LogP contribution in [-0.2, 0) is 5.54 Å². The van der Waals surface area contributed by atoms with E-state index < -0.39 is 0 Å². The second kappa shape index (κ2) is 6.17. The van der Waals surface area contributed by atoms with Gasteiger partial charge < -0.3 is 10.4 Å². The Bertz CT molecular complexity index is 615. The molecule has 0 aliphatic heterocycles. The fourth-order valence-corrected chi connectivity index (χ4v) is 4.58. The normalized spacial score (nSPS) is 29.5. The maximum atomic E-state index is 12.8. The SMILES string of the molecule is CC(C)c1cc(C(=O)NC2C3CCC(C3)C2CO)nn1C(C)(C)C. The summed E-state index contributed by atoms with van der Waals surface area (Å²) in [6, 6.07) is 2.02. The van der Waals surface area contributed by atoms with Crippen molar-refractivity contribution in [2.75, 3.05) is 6.61 Å². The Hall–Kier alpha value is -1.36. The lowest BCUT2D eigenvalue weighted by Gasteiger charge is -2.30. The minimum absolute atomic E-state index is 0.100. The van der Waals surface area contributed by atoms with Gasteiger partial charge in [-0.2, -0.15) is 5.10 Å². The van der Waals surface area contributed by atoms with E-state index in [4.69, 9.17) is 0 Å². The number of rotatable bonds is 4. The van der Waals surface area contributed by atoms with Crippen molar-refractivity contribution >= 4 is 5.91 Å². The van der Waals surface area contributed by atoms with Gasteiger partial charge in [-0.3, -0.25) is 9.48 Å². The Morgan fingerprint density at radius 3 is 2.58 bits per heavy atom. The zero-order valence-corrected chi connectivity index (χ0v) is 15.5. The monoisotopic (exact) mass is 333 g/mol. The Labute approximate surface area is 144 Å². The molecule has 2 aliphatic rings. The van der Waals surface area contributed by atoms with Gasteiger partial charge in [0.1, 0.15) is 5.69 Å². The highest BCUT2D eigenvalue weighted by Crippen LogP contribution is 2.48. The number of nitrogens with one attached hydrogen (secondary N) is 1. The summed E-state index contributed by atoms with van der Waals surface area (Å²) < 4.78 is 1.97. The number of aromatic nitrogens is 2. The first-order valence-corrected chi connectivity index (χ1v) is 9.24. The molecule has 3 rings (SSSR count). The first-order valence-electron chi connectivity index (χ1n) is 9.24. The zero-order valence-electron chi connectivity index (χ0n) is 15.5. The van der Waals surface area contributed by atoms with Crippen molar-refractivity contribution in [2.45, 2.75) is 71.4 Å². The molecule has 0 spiro atoms. The molecule has 2 bridgehead atoms. The molecule has 0 aromatic carbocycles. The molecule has 4 atom stereocenters. The van der Waals surface area contributed by atoms with Crippen molar-refractivity contribution in [2.24, 2.45) is 17.8 Å². The maximum Gasteiger partial charge on any atom is 0.272 e. The van der Waals surface area contributed by atoms with Crippen LogP contribution in [0.2, 0.25) is 0 Å². The highest BCUT2D eigenvalue weighted by Gasteiger charge is 2.47. The third-order valence-electron chi connectivity index (χ3n) is 5.79. The summed E-state index contributed by atoms with van der Waals surface area (Å²) in [5.41, 5.74) is 1.42. The molecule has 1 aromatic rings. The summed E-state index contributed by atoms with van der Waals surface area (Å²) in [5.74, 6) is 1.51. The molecule has 134 valence electrons. The maximum absolute atomic E-state index is 12.8. The van der Waals surface area contributed by atoms with Gasteiger partial charge in [0.05, 0.1) is 5.54 Å². The Kier molecular flexibility index (Phi) is 4.49. The van der Waals surface area contributed by atoms with E-state index in [0.717, 1.165) is 12.1 Å². The van der Waals surface area contributed by atoms with Crippen LogP contribution in [-0.4, -0.2) is 33.4 Å². The molecule has 1 amide bonds. The van der Waals surface area contributed by atoms with Crippen molar-refractivity contribution in [3.05, 3.63) is 17.5 Å². The number of carbonyl (C=O) groups excluding carboxylic acids is 1. The van der Waals surface area contributed by atoms with Crippen LogP contribution in [0.5, 0.6) is 0 Å². The first kappa shape index (κ1) is 17.5. The topological polar surface area (TPSA) is 67.2 Å². The van der Waals surface area contributed by atoms with Crippen LogP contribution < -0.4 is 5.32 Å². The lowest BCUT2D eigenvalue weighted by Crippen LogP contribution is -2.45. The van der Waals surface area contributed by atoms with Crippen LogP contribution in [0.15, 0.2) is 6.07 Å². The predicted molar refractivity (Wildman–Crippen MR) is 94.0 cm³/mol. The molecule has 5 heteroatoms. The van der Waals surface area contributed by atoms with Crippen LogP contribution in [0.1, 0.15) is 76.0 Å². The Balaban J connectivity index is 1.81. The summed E-state index contributed by atoms with van der Waals surface area (Å²) in [5, 5.41) is 17.5. The van der Waals surface area contributed by atoms with Crippen LogP contribution in [0.25, 0.3) is 0 Å². The van der Waals surface area contributed by atoms with Crippen molar-refractivity contribution in [1.82, 2.24) is 15.1 Å². The molecule has 0 radical (unpaired) electrons. The summed E-state index contributed by atoms with van der Waals surface area (Å²) in [6.07, 6.45) is 3.50. The molecular formula is C19H31N3O2. The number of fused-ring (bicyclic) bond motifs is 2. The van der Waals surface area contributed by atoms with Crippen LogP contribution in [0.3, 0.4) is 0 Å². The molecule has 2 N–H and O–H groups in total. The van der Waals surface area contributed by atoms with Gasteiger partial charge in [-0.25, -0.2) is 0 Å². The first-order chi connectivity index (χ1) is 11.2. The van der Waals surface area contributed by atoms with E-state index in [9.17, 15) is 9.90 Å². The van der Waals surface area contributed by atoms with E-state index in [1.807, 2.05) is 10.7 Å². The summed E-state index contributed by atoms with van der Waals surface area (Å²) in [6.45, 7) is 10.7. The number of nitrogens with zero attached hydrogens (tertiary/aromatic N) is 2. The second-order valence-electron chi connectivity index (χ2n) is 8.87. The van der Waals surface area contributed by atoms with Gasteiger partial charge in [0.2, 0.25) is 0 Å². The summed E-state index contributed by atoms with van der Waals surface area (Å²) >= 11 is 0. The molecule has 1 heterocycles. The molecule has 4 unspecified atom stereocenters. The van der Waals surface area contributed by atoms with E-state index >= 15 is 0 Å². The van der Waals surface area contributed by atoms with Crippen molar-refractivity contribution in [3.63, 3.8) is 0 Å². The average Bonchev–Trinajstić information content (AvgIpc) is 3.20. The summed E-state index contributed by atoms with van der Waals surface area (Å²) in [7, 11) is 0. The third kappa shape index (κ3) is 2.99. The van der Waals surface area contributed by atoms with Gasteiger partial charge in [0.25, 0.3) is 5.91 Å². The number of hydrogen-bond donors (Lipinski definition) is 2. The largest absolute Gasteiger partial charge is 0.396 e. The second-order valence-corrected chi connectivity index (χ2v) is 8.87. The standard InChI is InChI=1S/C19H31N3O2/c1-11(2)16-9-15(21-22(16)19(3,4)5)18(24)20-17-13-7-6-12(8-13)14(17)10-23/h9,11-14,17,23H,6-8,10H2,1-5H3,(H,20,24). The Morgan fingerprint density at radius 2 is 2.04 bits per heavy atom. The van der Waals surface area contributed by atoms with E-state index in [2.05, 4.69) is 45.0 Å². The highest BCUT2D eigenvalue weighted by atomic mass is 16.3. The van der Waals surface area contributed by atoms with Crippen molar-refractivity contribution < 1.29 is 9.90 Å². The molecule has 24 heavy (non-hydrogen) atoms. The molecule has 5 nitrogen and oxygen atoms in total. The lowest BCUT2D eigenvalue weighted by molar-refractivity contribution is 0.0855. The van der Waals surface area contributed by atoms with E-state index in [0.29, 0.717) is 23.4 Å². The fraction of sp³-hybridized carbons (Fsp3) is 0.789. The number of hydrogen-bond acceptors (Lipinski definition) is 3. The average molecular weight is 333 g/mol. The number of carbonyl (C=O) groups is 1. The van der Waals surface area contributed by atoms with Crippen LogP contribution >= 0.6 is 0 Å². The van der Waals surface area contributed by atoms with Gasteiger partial charge in [-0.1, -0.05) is 13.8 Å². The van der Waals surface area contributed by atoms with Gasteiger partial charge in [-0.15, -0.1) is 0 Å².